The van der Waals surface area contributed by atoms with E-state index in [0.29, 0.717) is 11.8 Å². The number of hydrogen-bond acceptors (Lipinski definition) is 2. The smallest absolute Gasteiger partial charge is 0.0727 e. The first kappa shape index (κ1) is 13.1. The predicted molar refractivity (Wildman–Crippen MR) is 88.7 cm³/mol. The summed E-state index contributed by atoms with van der Waals surface area (Å²) in [6, 6.07) is 5.82. The molecule has 2 aromatic rings. The lowest BCUT2D eigenvalue weighted by Crippen LogP contribution is -2.24. The Hall–Kier alpha value is -1.54. The van der Waals surface area contributed by atoms with Gasteiger partial charge in [0.1, 0.15) is 0 Å². The molecule has 0 spiro atoms. The van der Waals surface area contributed by atoms with Crippen LogP contribution in [0.2, 0.25) is 5.02 Å². The number of nitrogens with zero attached hydrogens (tertiary/aromatic N) is 1. The number of aromatic nitrogens is 1. The highest BCUT2D eigenvalue weighted by atomic mass is 35.5. The van der Waals surface area contributed by atoms with Crippen LogP contribution in [0.5, 0.6) is 0 Å². The van der Waals surface area contributed by atoms with Crippen LogP contribution in [0.4, 0.5) is 5.69 Å². The maximum Gasteiger partial charge on any atom is 0.0727 e. The summed E-state index contributed by atoms with van der Waals surface area (Å²) in [6.45, 7) is 2.25. The Bertz CT molecular complexity index is 763. The van der Waals surface area contributed by atoms with Crippen molar-refractivity contribution in [1.82, 2.24) is 4.98 Å². The zero-order valence-corrected chi connectivity index (χ0v) is 13.0. The maximum atomic E-state index is 6.51. The summed E-state index contributed by atoms with van der Waals surface area (Å²) in [5.74, 6) is 1.18. The Morgan fingerprint density at radius 2 is 2.19 bits per heavy atom. The maximum absolute atomic E-state index is 6.51. The number of hydrogen-bond donors (Lipinski definition) is 1. The number of nitrogen functional groups attached to an aromatic ring is 1. The number of pyridine rings is 1. The van der Waals surface area contributed by atoms with E-state index in [1.807, 2.05) is 18.2 Å². The van der Waals surface area contributed by atoms with Gasteiger partial charge in [-0.05, 0) is 55.7 Å². The van der Waals surface area contributed by atoms with Gasteiger partial charge in [-0.15, -0.1) is 0 Å². The van der Waals surface area contributed by atoms with E-state index in [9.17, 15) is 0 Å². The third-order valence-corrected chi connectivity index (χ3v) is 5.23. The van der Waals surface area contributed by atoms with Crippen LogP contribution < -0.4 is 5.73 Å². The Labute approximate surface area is 130 Å². The number of allylic oxidation sites excluding steroid dienone is 2. The van der Waals surface area contributed by atoms with Gasteiger partial charge in [0, 0.05) is 27.4 Å². The summed E-state index contributed by atoms with van der Waals surface area (Å²) in [4.78, 5) is 4.88. The molecule has 2 bridgehead atoms. The highest BCUT2D eigenvalue weighted by Gasteiger charge is 2.33. The number of nitrogens with two attached hydrogens (primary N) is 1. The molecule has 2 N–H and O–H groups in total. The van der Waals surface area contributed by atoms with Crippen molar-refractivity contribution in [3.8, 4) is 0 Å². The first-order valence-corrected chi connectivity index (χ1v) is 8.10. The van der Waals surface area contributed by atoms with Gasteiger partial charge >= 0.3 is 0 Å². The van der Waals surface area contributed by atoms with E-state index in [1.165, 1.54) is 17.7 Å². The molecule has 2 atom stereocenters. The lowest BCUT2D eigenvalue weighted by molar-refractivity contribution is 0.429. The molecule has 21 heavy (non-hydrogen) atoms. The molecule has 0 radical (unpaired) electrons. The van der Waals surface area contributed by atoms with Crippen molar-refractivity contribution in [3.63, 3.8) is 0 Å². The van der Waals surface area contributed by atoms with Crippen molar-refractivity contribution in [2.75, 3.05) is 5.73 Å². The highest BCUT2D eigenvalue weighted by molar-refractivity contribution is 6.31. The largest absolute Gasteiger partial charge is 0.398 e. The Morgan fingerprint density at radius 3 is 3.00 bits per heavy atom. The predicted octanol–water partition coefficient (Wildman–Crippen LogP) is 4.86. The van der Waals surface area contributed by atoms with Gasteiger partial charge in [0.2, 0.25) is 0 Å². The minimum absolute atomic E-state index is 0.537. The molecule has 0 fully saturated rings. The summed E-state index contributed by atoms with van der Waals surface area (Å²) >= 11 is 6.13. The summed E-state index contributed by atoms with van der Waals surface area (Å²) in [6.07, 6.45) is 7.00. The van der Waals surface area contributed by atoms with Gasteiger partial charge in [0.05, 0.1) is 5.52 Å². The minimum atomic E-state index is 0.537. The van der Waals surface area contributed by atoms with E-state index < -0.39 is 0 Å². The molecule has 3 heteroatoms. The van der Waals surface area contributed by atoms with Crippen LogP contribution in [0, 0.1) is 5.92 Å². The van der Waals surface area contributed by atoms with E-state index in [1.54, 1.807) is 5.57 Å². The molecule has 0 unspecified atom stereocenters. The van der Waals surface area contributed by atoms with E-state index in [4.69, 9.17) is 22.3 Å². The second-order valence-electron chi connectivity index (χ2n) is 6.33. The van der Waals surface area contributed by atoms with Gasteiger partial charge in [0.25, 0.3) is 0 Å². The summed E-state index contributed by atoms with van der Waals surface area (Å²) < 4.78 is 0. The lowest BCUT2D eigenvalue weighted by Gasteiger charge is -2.35. The molecule has 2 aliphatic carbocycles. The average molecular weight is 299 g/mol. The number of benzene rings is 1. The SMILES string of the molecule is CCC1=C[C@@H]2Cc3nc4ccc(Cl)cc4c(N)c3[C@H](C1)C2. The van der Waals surface area contributed by atoms with Crippen LogP contribution in [-0.2, 0) is 6.42 Å². The molecule has 1 aromatic heterocycles. The fourth-order valence-electron chi connectivity index (χ4n) is 4.05. The van der Waals surface area contributed by atoms with Crippen molar-refractivity contribution >= 4 is 28.2 Å². The van der Waals surface area contributed by atoms with E-state index in [2.05, 4.69) is 13.0 Å². The first-order valence-electron chi connectivity index (χ1n) is 7.72. The molecule has 2 aliphatic rings. The zero-order valence-electron chi connectivity index (χ0n) is 12.2. The average Bonchev–Trinajstić information content (AvgIpc) is 2.47. The topological polar surface area (TPSA) is 38.9 Å². The summed E-state index contributed by atoms with van der Waals surface area (Å²) in [5, 5.41) is 1.73. The van der Waals surface area contributed by atoms with Crippen LogP contribution in [0.15, 0.2) is 29.8 Å². The standard InChI is InChI=1S/C18H19ClN2/c1-2-10-5-11-7-12(6-10)17-16(8-11)21-15-4-3-13(19)9-14(15)18(17)20/h3-5,9,11-12H,2,6-8H2,1H3,(H2,20,21)/t11-,12+/m0/s1. The van der Waals surface area contributed by atoms with Gasteiger partial charge in [-0.2, -0.15) is 0 Å². The molecular formula is C18H19ClN2. The van der Waals surface area contributed by atoms with E-state index in [-0.39, 0.29) is 0 Å². The van der Waals surface area contributed by atoms with Crippen molar-refractivity contribution in [2.45, 2.75) is 38.5 Å². The van der Waals surface area contributed by atoms with Gasteiger partial charge < -0.3 is 5.73 Å². The molecule has 1 heterocycles. The van der Waals surface area contributed by atoms with Crippen LogP contribution >= 0.6 is 11.6 Å². The lowest BCUT2D eigenvalue weighted by atomic mass is 9.70. The van der Waals surface area contributed by atoms with Crippen molar-refractivity contribution in [3.05, 3.63) is 46.1 Å². The van der Waals surface area contributed by atoms with Crippen LogP contribution in [-0.4, -0.2) is 4.98 Å². The third kappa shape index (κ3) is 2.04. The fraction of sp³-hybridized carbons (Fsp3) is 0.389. The Kier molecular flexibility index (Phi) is 2.97. The van der Waals surface area contributed by atoms with E-state index in [0.717, 1.165) is 40.9 Å². The quantitative estimate of drug-likeness (QED) is 0.764. The van der Waals surface area contributed by atoms with Gasteiger partial charge in [0.15, 0.2) is 0 Å². The highest BCUT2D eigenvalue weighted by Crippen LogP contribution is 2.47. The molecule has 1 aromatic carbocycles. The second-order valence-corrected chi connectivity index (χ2v) is 6.76. The molecule has 0 amide bonds. The fourth-order valence-corrected chi connectivity index (χ4v) is 4.22. The third-order valence-electron chi connectivity index (χ3n) is 4.99. The number of fused-ring (bicyclic) bond motifs is 5. The first-order chi connectivity index (χ1) is 10.2. The van der Waals surface area contributed by atoms with Gasteiger partial charge in [-0.3, -0.25) is 4.98 Å². The molecule has 0 saturated heterocycles. The molecule has 0 aliphatic heterocycles. The number of halogens is 1. The zero-order chi connectivity index (χ0) is 14.6. The van der Waals surface area contributed by atoms with Crippen molar-refractivity contribution in [1.29, 1.82) is 0 Å². The second kappa shape index (κ2) is 4.74. The molecule has 108 valence electrons. The monoisotopic (exact) mass is 298 g/mol. The van der Waals surface area contributed by atoms with Gasteiger partial charge in [-0.1, -0.05) is 30.2 Å². The Balaban J connectivity index is 1.92. The molecular weight excluding hydrogens is 280 g/mol. The Morgan fingerprint density at radius 1 is 1.33 bits per heavy atom. The number of anilines is 1. The molecule has 0 saturated carbocycles. The molecule has 2 nitrogen and oxygen atoms in total. The summed E-state index contributed by atoms with van der Waals surface area (Å²) in [7, 11) is 0. The normalized spacial score (nSPS) is 23.8. The van der Waals surface area contributed by atoms with Crippen molar-refractivity contribution in [2.24, 2.45) is 5.92 Å². The molecule has 4 rings (SSSR count). The minimum Gasteiger partial charge on any atom is -0.398 e. The van der Waals surface area contributed by atoms with Crippen LogP contribution in [0.3, 0.4) is 0 Å². The van der Waals surface area contributed by atoms with E-state index >= 15 is 0 Å². The number of rotatable bonds is 1. The summed E-state index contributed by atoms with van der Waals surface area (Å²) in [5.41, 5.74) is 12.5. The van der Waals surface area contributed by atoms with Crippen LogP contribution in [0.1, 0.15) is 43.4 Å². The van der Waals surface area contributed by atoms with Crippen LogP contribution in [0.25, 0.3) is 10.9 Å². The van der Waals surface area contributed by atoms with Crippen molar-refractivity contribution < 1.29 is 0 Å². The van der Waals surface area contributed by atoms with Gasteiger partial charge in [-0.25, -0.2) is 0 Å².